The molecule has 2 nitrogen and oxygen atoms in total. The topological polar surface area (TPSA) is 25.8 Å². The molecule has 10 aromatic carbocycles. The minimum atomic E-state index is 0.703. The fourth-order valence-electron chi connectivity index (χ4n) is 8.62. The number of aromatic nitrogens is 2. The summed E-state index contributed by atoms with van der Waals surface area (Å²) < 4.78 is 0. The number of hydrogen-bond donors (Lipinski definition) is 0. The van der Waals surface area contributed by atoms with Gasteiger partial charge in [0.2, 0.25) is 0 Å². The lowest BCUT2D eigenvalue weighted by Crippen LogP contribution is -1.97. The van der Waals surface area contributed by atoms with Crippen LogP contribution in [0.2, 0.25) is 0 Å². The zero-order valence-corrected chi connectivity index (χ0v) is 30.5. The Bertz CT molecular complexity index is 3300. The van der Waals surface area contributed by atoms with E-state index in [1.807, 2.05) is 18.2 Å². The summed E-state index contributed by atoms with van der Waals surface area (Å²) in [5, 5.41) is 12.3. The summed E-state index contributed by atoms with van der Waals surface area (Å²) >= 11 is 0. The summed E-state index contributed by atoms with van der Waals surface area (Å²) in [4.78, 5) is 10.5. The summed E-state index contributed by atoms with van der Waals surface area (Å²) in [6.07, 6.45) is 0. The van der Waals surface area contributed by atoms with Gasteiger partial charge < -0.3 is 0 Å². The molecule has 0 saturated carbocycles. The summed E-state index contributed by atoms with van der Waals surface area (Å²) in [6, 6.07) is 74.1. The molecule has 0 radical (unpaired) electrons. The Kier molecular flexibility index (Phi) is 7.53. The quantitative estimate of drug-likeness (QED) is 0.131. The van der Waals surface area contributed by atoms with E-state index < -0.39 is 0 Å². The first-order valence-corrected chi connectivity index (χ1v) is 19.2. The van der Waals surface area contributed by atoms with Gasteiger partial charge in [0, 0.05) is 16.7 Å². The number of hydrogen-bond acceptors (Lipinski definition) is 2. The second-order valence-corrected chi connectivity index (χ2v) is 14.5. The minimum absolute atomic E-state index is 0.703. The second-order valence-electron chi connectivity index (χ2n) is 14.5. The minimum Gasteiger partial charge on any atom is -0.228 e. The molecule has 0 unspecified atom stereocenters. The maximum Gasteiger partial charge on any atom is 0.160 e. The fraction of sp³-hybridized carbons (Fsp3) is 0. The van der Waals surface area contributed by atoms with E-state index in [1.165, 1.54) is 65.2 Å². The van der Waals surface area contributed by atoms with Gasteiger partial charge >= 0.3 is 0 Å². The van der Waals surface area contributed by atoms with E-state index >= 15 is 0 Å². The molecule has 0 saturated heterocycles. The zero-order valence-electron chi connectivity index (χ0n) is 30.5. The van der Waals surface area contributed by atoms with Crippen molar-refractivity contribution in [2.75, 3.05) is 0 Å². The normalized spacial score (nSPS) is 11.6. The van der Waals surface area contributed by atoms with Crippen molar-refractivity contribution in [3.05, 3.63) is 206 Å². The Balaban J connectivity index is 1.13. The van der Waals surface area contributed by atoms with Crippen LogP contribution in [0.1, 0.15) is 0 Å². The molecule has 0 fully saturated rings. The lowest BCUT2D eigenvalue weighted by atomic mass is 9.86. The highest BCUT2D eigenvalue weighted by atomic mass is 14.9. The van der Waals surface area contributed by atoms with E-state index in [9.17, 15) is 0 Å². The third-order valence-electron chi connectivity index (χ3n) is 11.3. The third kappa shape index (κ3) is 5.34. The van der Waals surface area contributed by atoms with Crippen LogP contribution in [0.3, 0.4) is 0 Å². The van der Waals surface area contributed by atoms with Crippen molar-refractivity contribution in [3.8, 4) is 56.2 Å². The Labute approximate surface area is 325 Å². The fourth-order valence-corrected chi connectivity index (χ4v) is 8.62. The second kappa shape index (κ2) is 13.2. The molecule has 0 N–H and O–H groups in total. The molecule has 1 aromatic heterocycles. The van der Waals surface area contributed by atoms with Gasteiger partial charge in [0.05, 0.1) is 11.4 Å². The molecule has 11 aromatic rings. The van der Waals surface area contributed by atoms with Crippen LogP contribution in [-0.4, -0.2) is 9.97 Å². The maximum atomic E-state index is 5.30. The molecular weight excluding hydrogens is 677 g/mol. The van der Waals surface area contributed by atoms with Gasteiger partial charge in [-0.25, -0.2) is 9.97 Å². The van der Waals surface area contributed by atoms with E-state index in [1.54, 1.807) is 0 Å². The van der Waals surface area contributed by atoms with Gasteiger partial charge in [-0.15, -0.1) is 0 Å². The zero-order chi connectivity index (χ0) is 37.0. The van der Waals surface area contributed by atoms with Crippen molar-refractivity contribution < 1.29 is 0 Å². The largest absolute Gasteiger partial charge is 0.228 e. The van der Waals surface area contributed by atoms with Crippen molar-refractivity contribution >= 4 is 53.9 Å². The van der Waals surface area contributed by atoms with E-state index in [4.69, 9.17) is 9.97 Å². The molecule has 2 heteroatoms. The molecule has 0 aliphatic carbocycles. The lowest BCUT2D eigenvalue weighted by Gasteiger charge is -2.18. The predicted molar refractivity (Wildman–Crippen MR) is 237 cm³/mol. The Morgan fingerprint density at radius 2 is 0.821 bits per heavy atom. The van der Waals surface area contributed by atoms with Gasteiger partial charge in [-0.05, 0) is 94.3 Å². The van der Waals surface area contributed by atoms with Crippen molar-refractivity contribution in [1.29, 1.82) is 0 Å². The van der Waals surface area contributed by atoms with Crippen LogP contribution in [0.4, 0.5) is 0 Å². The maximum absolute atomic E-state index is 5.30. The highest BCUT2D eigenvalue weighted by Crippen LogP contribution is 2.44. The van der Waals surface area contributed by atoms with Gasteiger partial charge in [0.15, 0.2) is 5.82 Å². The molecule has 0 atom stereocenters. The molecule has 1 heterocycles. The first-order valence-electron chi connectivity index (χ1n) is 19.2. The number of fused-ring (bicyclic) bond motifs is 6. The highest BCUT2D eigenvalue weighted by Gasteiger charge is 2.18. The Morgan fingerprint density at radius 1 is 0.250 bits per heavy atom. The van der Waals surface area contributed by atoms with Crippen molar-refractivity contribution in [1.82, 2.24) is 9.97 Å². The molecule has 0 amide bonds. The Hall–Kier alpha value is -7.42. The highest BCUT2D eigenvalue weighted by molar-refractivity contribution is 6.23. The first kappa shape index (κ1) is 32.0. The average molecular weight is 711 g/mol. The predicted octanol–water partition coefficient (Wildman–Crippen LogP) is 14.6. The molecule has 0 bridgehead atoms. The van der Waals surface area contributed by atoms with Crippen LogP contribution < -0.4 is 0 Å². The third-order valence-corrected chi connectivity index (χ3v) is 11.3. The molecular formula is C54H34N2. The number of rotatable bonds is 5. The smallest absolute Gasteiger partial charge is 0.160 e. The van der Waals surface area contributed by atoms with Crippen LogP contribution in [0.25, 0.3) is 110 Å². The van der Waals surface area contributed by atoms with Crippen molar-refractivity contribution in [2.24, 2.45) is 0 Å². The van der Waals surface area contributed by atoms with E-state index in [0.717, 1.165) is 39.0 Å². The van der Waals surface area contributed by atoms with Gasteiger partial charge in [0.25, 0.3) is 0 Å². The first-order chi connectivity index (χ1) is 27.8. The number of nitrogens with zero attached hydrogens (tertiary/aromatic N) is 2. The van der Waals surface area contributed by atoms with Gasteiger partial charge in [0.1, 0.15) is 0 Å². The van der Waals surface area contributed by atoms with E-state index in [-0.39, 0.29) is 0 Å². The van der Waals surface area contributed by atoms with Gasteiger partial charge in [-0.2, -0.15) is 0 Å². The molecule has 0 aliphatic heterocycles. The summed E-state index contributed by atoms with van der Waals surface area (Å²) in [6.45, 7) is 0. The molecule has 11 rings (SSSR count). The summed E-state index contributed by atoms with van der Waals surface area (Å²) in [5.41, 5.74) is 9.71. The monoisotopic (exact) mass is 710 g/mol. The SMILES string of the molecule is c1ccc(-c2nc(-c3cccc(-c4cccc5ccccc45)c3)cc(-c3ccc(-c4c5ccccc5cc5c4ccc4ccccc45)c4ccccc34)n2)cc1. The molecule has 0 aliphatic rings. The van der Waals surface area contributed by atoms with Crippen LogP contribution in [0.5, 0.6) is 0 Å². The standard InChI is InChI=1S/C54H34N2/c1-2-16-37(17-3-1)54-55-51(40-21-12-20-38(32-40)43-27-13-19-35-14-4-7-22-41(35)43)34-52(56-54)47-30-31-48(46-26-11-10-25-45(46)47)53-44-24-9-6-18-39(44)33-50-42-23-8-5-15-36(42)28-29-49(50)53/h1-34H. The van der Waals surface area contributed by atoms with Crippen molar-refractivity contribution in [3.63, 3.8) is 0 Å². The summed E-state index contributed by atoms with van der Waals surface area (Å²) in [5.74, 6) is 0.703. The van der Waals surface area contributed by atoms with E-state index in [0.29, 0.717) is 5.82 Å². The van der Waals surface area contributed by atoms with Crippen LogP contribution in [0, 0.1) is 0 Å². The van der Waals surface area contributed by atoms with Gasteiger partial charge in [-0.1, -0.05) is 188 Å². The van der Waals surface area contributed by atoms with Crippen LogP contribution in [-0.2, 0) is 0 Å². The van der Waals surface area contributed by atoms with Crippen molar-refractivity contribution in [2.45, 2.75) is 0 Å². The average Bonchev–Trinajstić information content (AvgIpc) is 3.28. The van der Waals surface area contributed by atoms with Gasteiger partial charge in [-0.3, -0.25) is 0 Å². The molecule has 0 spiro atoms. The van der Waals surface area contributed by atoms with Crippen LogP contribution in [0.15, 0.2) is 206 Å². The summed E-state index contributed by atoms with van der Waals surface area (Å²) in [7, 11) is 0. The Morgan fingerprint density at radius 3 is 1.64 bits per heavy atom. The number of benzene rings is 10. The molecule has 56 heavy (non-hydrogen) atoms. The lowest BCUT2D eigenvalue weighted by molar-refractivity contribution is 1.18. The molecule has 260 valence electrons. The van der Waals surface area contributed by atoms with Crippen LogP contribution >= 0.6 is 0 Å². The van der Waals surface area contributed by atoms with E-state index in [2.05, 4.69) is 188 Å².